The number of carbonyl (C=O) groups excluding carboxylic acids is 2. The SMILES string of the molecule is CC(C)Oc1ccc(C(=O)CCCCC(=O)N[C@H](CN2CCCC2)[C@H](C=N)c2ccc3c(c2)OCCO3)cc1. The molecule has 2 N–H and O–H groups in total. The first kappa shape index (κ1) is 28.6. The number of fused-ring (bicyclic) bond motifs is 1. The van der Waals surface area contributed by atoms with E-state index < -0.39 is 0 Å². The van der Waals surface area contributed by atoms with E-state index in [1.165, 1.54) is 6.21 Å². The molecule has 1 amide bonds. The standard InChI is InChI=1S/C31H41N3O5/c1-22(2)39-25-12-9-23(10-13-25)28(35)7-3-4-8-31(36)33-27(21-34-15-5-6-16-34)26(20-32)24-11-14-29-30(19-24)38-18-17-37-29/h9-14,19-20,22,26-27,32H,3-8,15-18,21H2,1-2H3,(H,33,36)/t26-,27-/m1/s1. The van der Waals surface area contributed by atoms with Gasteiger partial charge in [-0.05, 0) is 94.6 Å². The van der Waals surface area contributed by atoms with Crippen LogP contribution in [0.3, 0.4) is 0 Å². The Morgan fingerprint density at radius 1 is 1.00 bits per heavy atom. The summed E-state index contributed by atoms with van der Waals surface area (Å²) in [5.41, 5.74) is 1.59. The van der Waals surface area contributed by atoms with Gasteiger partial charge < -0.3 is 29.8 Å². The molecule has 2 atom stereocenters. The summed E-state index contributed by atoms with van der Waals surface area (Å²) in [4.78, 5) is 28.0. The average molecular weight is 536 g/mol. The van der Waals surface area contributed by atoms with Crippen LogP contribution in [0.15, 0.2) is 42.5 Å². The topological polar surface area (TPSA) is 101 Å². The van der Waals surface area contributed by atoms with Gasteiger partial charge in [0.2, 0.25) is 5.91 Å². The lowest BCUT2D eigenvalue weighted by molar-refractivity contribution is -0.122. The molecule has 1 saturated heterocycles. The van der Waals surface area contributed by atoms with Gasteiger partial charge in [-0.3, -0.25) is 9.59 Å². The van der Waals surface area contributed by atoms with Crippen LogP contribution in [0, 0.1) is 5.41 Å². The number of Topliss-reactive ketones (excluding diaryl/α,β-unsaturated/α-hetero) is 1. The quantitative estimate of drug-likeness (QED) is 0.201. The Balaban J connectivity index is 1.31. The molecule has 0 aromatic heterocycles. The Labute approximate surface area is 231 Å². The summed E-state index contributed by atoms with van der Waals surface area (Å²) < 4.78 is 17.1. The molecular weight excluding hydrogens is 494 g/mol. The normalized spacial score (nSPS) is 16.5. The Morgan fingerprint density at radius 3 is 2.38 bits per heavy atom. The molecular formula is C31H41N3O5. The van der Waals surface area contributed by atoms with Crippen molar-refractivity contribution in [2.24, 2.45) is 0 Å². The lowest BCUT2D eigenvalue weighted by atomic mass is 9.91. The molecule has 0 unspecified atom stereocenters. The lowest BCUT2D eigenvalue weighted by Crippen LogP contribution is -2.47. The molecule has 0 spiro atoms. The predicted molar refractivity (Wildman–Crippen MR) is 152 cm³/mol. The van der Waals surface area contributed by atoms with Gasteiger partial charge in [-0.15, -0.1) is 0 Å². The number of nitrogens with one attached hydrogen (secondary N) is 2. The number of hydrogen-bond acceptors (Lipinski definition) is 7. The van der Waals surface area contributed by atoms with Crippen molar-refractivity contribution in [1.29, 1.82) is 5.41 Å². The monoisotopic (exact) mass is 535 g/mol. The highest BCUT2D eigenvalue weighted by molar-refractivity contribution is 5.96. The summed E-state index contributed by atoms with van der Waals surface area (Å²) in [6.07, 6.45) is 5.83. The highest BCUT2D eigenvalue weighted by Gasteiger charge is 2.28. The summed E-state index contributed by atoms with van der Waals surface area (Å²) in [6, 6.07) is 12.8. The van der Waals surface area contributed by atoms with Crippen LogP contribution >= 0.6 is 0 Å². The first-order chi connectivity index (χ1) is 18.9. The molecule has 8 heteroatoms. The van der Waals surface area contributed by atoms with Crippen molar-refractivity contribution in [3.63, 3.8) is 0 Å². The van der Waals surface area contributed by atoms with Crippen LogP contribution in [-0.2, 0) is 4.79 Å². The van der Waals surface area contributed by atoms with E-state index in [4.69, 9.17) is 19.6 Å². The number of rotatable bonds is 14. The van der Waals surface area contributed by atoms with Crippen molar-refractivity contribution in [1.82, 2.24) is 10.2 Å². The molecule has 39 heavy (non-hydrogen) atoms. The Kier molecular flexibility index (Phi) is 10.4. The molecule has 0 bridgehead atoms. The molecule has 0 aliphatic carbocycles. The highest BCUT2D eigenvalue weighted by atomic mass is 16.6. The smallest absolute Gasteiger partial charge is 0.220 e. The third-order valence-electron chi connectivity index (χ3n) is 7.17. The van der Waals surface area contributed by atoms with Gasteiger partial charge in [-0.1, -0.05) is 6.07 Å². The van der Waals surface area contributed by atoms with Gasteiger partial charge in [0.05, 0.1) is 12.1 Å². The van der Waals surface area contributed by atoms with Crippen molar-refractivity contribution in [3.8, 4) is 17.2 Å². The Hall–Kier alpha value is -3.39. The summed E-state index contributed by atoms with van der Waals surface area (Å²) in [5.74, 6) is 1.88. The van der Waals surface area contributed by atoms with E-state index in [1.54, 1.807) is 12.1 Å². The van der Waals surface area contributed by atoms with Crippen LogP contribution < -0.4 is 19.5 Å². The minimum absolute atomic E-state index is 0.0498. The summed E-state index contributed by atoms with van der Waals surface area (Å²) >= 11 is 0. The largest absolute Gasteiger partial charge is 0.491 e. The fraction of sp³-hybridized carbons (Fsp3) is 0.516. The van der Waals surface area contributed by atoms with E-state index in [1.807, 2.05) is 44.2 Å². The number of amides is 1. The van der Waals surface area contributed by atoms with Gasteiger partial charge in [0.25, 0.3) is 0 Å². The molecule has 210 valence electrons. The zero-order chi connectivity index (χ0) is 27.6. The second-order valence-corrected chi connectivity index (χ2v) is 10.6. The number of hydrogen-bond donors (Lipinski definition) is 2. The molecule has 1 fully saturated rings. The number of ether oxygens (including phenoxy) is 3. The van der Waals surface area contributed by atoms with Crippen LogP contribution in [0.1, 0.15) is 74.2 Å². The minimum Gasteiger partial charge on any atom is -0.491 e. The molecule has 2 aromatic carbocycles. The van der Waals surface area contributed by atoms with E-state index in [9.17, 15) is 9.59 Å². The van der Waals surface area contributed by atoms with Crippen molar-refractivity contribution in [3.05, 3.63) is 53.6 Å². The number of benzene rings is 2. The number of nitrogens with zero attached hydrogens (tertiary/aromatic N) is 1. The molecule has 2 aliphatic heterocycles. The maximum Gasteiger partial charge on any atom is 0.220 e. The number of carbonyl (C=O) groups is 2. The van der Waals surface area contributed by atoms with Gasteiger partial charge in [-0.25, -0.2) is 0 Å². The van der Waals surface area contributed by atoms with Crippen LogP contribution in [0.5, 0.6) is 17.2 Å². The van der Waals surface area contributed by atoms with Crippen LogP contribution in [0.2, 0.25) is 0 Å². The maximum atomic E-state index is 13.0. The van der Waals surface area contributed by atoms with Crippen LogP contribution in [-0.4, -0.2) is 67.8 Å². The van der Waals surface area contributed by atoms with Crippen molar-refractivity contribution in [2.45, 2.75) is 70.4 Å². The van der Waals surface area contributed by atoms with Crippen molar-refractivity contribution < 1.29 is 23.8 Å². The summed E-state index contributed by atoms with van der Waals surface area (Å²) in [7, 11) is 0. The molecule has 2 aromatic rings. The third kappa shape index (κ3) is 8.30. The van der Waals surface area contributed by atoms with Gasteiger partial charge in [0, 0.05) is 37.1 Å². The molecule has 2 aliphatic rings. The lowest BCUT2D eigenvalue weighted by Gasteiger charge is -2.30. The molecule has 8 nitrogen and oxygen atoms in total. The fourth-order valence-corrected chi connectivity index (χ4v) is 5.19. The highest BCUT2D eigenvalue weighted by Crippen LogP contribution is 2.34. The zero-order valence-electron chi connectivity index (χ0n) is 23.1. The van der Waals surface area contributed by atoms with Crippen molar-refractivity contribution >= 4 is 17.9 Å². The van der Waals surface area contributed by atoms with Crippen LogP contribution in [0.25, 0.3) is 0 Å². The second-order valence-electron chi connectivity index (χ2n) is 10.6. The van der Waals surface area contributed by atoms with Gasteiger partial charge in [-0.2, -0.15) is 0 Å². The molecule has 2 heterocycles. The maximum absolute atomic E-state index is 13.0. The van der Waals surface area contributed by atoms with E-state index >= 15 is 0 Å². The molecule has 4 rings (SSSR count). The van der Waals surface area contributed by atoms with E-state index in [-0.39, 0.29) is 29.8 Å². The van der Waals surface area contributed by atoms with E-state index in [0.717, 1.165) is 37.2 Å². The predicted octanol–water partition coefficient (Wildman–Crippen LogP) is 5.00. The van der Waals surface area contributed by atoms with Gasteiger partial charge >= 0.3 is 0 Å². The van der Waals surface area contributed by atoms with Crippen LogP contribution in [0.4, 0.5) is 0 Å². The molecule has 0 saturated carbocycles. The summed E-state index contributed by atoms with van der Waals surface area (Å²) in [5, 5.41) is 11.4. The number of unbranched alkanes of at least 4 members (excludes halogenated alkanes) is 1. The Morgan fingerprint density at radius 2 is 1.69 bits per heavy atom. The van der Waals surface area contributed by atoms with E-state index in [2.05, 4.69) is 10.2 Å². The van der Waals surface area contributed by atoms with Gasteiger partial charge in [0.1, 0.15) is 19.0 Å². The Bertz CT molecular complexity index is 1110. The van der Waals surface area contributed by atoms with Crippen molar-refractivity contribution in [2.75, 3.05) is 32.8 Å². The number of likely N-dealkylation sites (tertiary alicyclic amines) is 1. The first-order valence-electron chi connectivity index (χ1n) is 14.1. The second kappa shape index (κ2) is 14.1. The number of ketones is 1. The molecule has 0 radical (unpaired) electrons. The summed E-state index contributed by atoms with van der Waals surface area (Å²) in [6.45, 7) is 7.66. The van der Waals surface area contributed by atoms with Gasteiger partial charge in [0.15, 0.2) is 17.3 Å². The minimum atomic E-state index is -0.283. The third-order valence-corrected chi connectivity index (χ3v) is 7.17. The zero-order valence-corrected chi connectivity index (χ0v) is 23.1. The first-order valence-corrected chi connectivity index (χ1v) is 14.1. The average Bonchev–Trinajstić information content (AvgIpc) is 3.44. The van der Waals surface area contributed by atoms with E-state index in [0.29, 0.717) is 62.5 Å². The fourth-order valence-electron chi connectivity index (χ4n) is 5.19.